The quantitative estimate of drug-likeness (QED) is 0.288. The van der Waals surface area contributed by atoms with Crippen LogP contribution in [0.5, 0.6) is 5.75 Å². The van der Waals surface area contributed by atoms with E-state index in [0.717, 1.165) is 43.7 Å². The third-order valence-electron chi connectivity index (χ3n) is 13.0. The van der Waals surface area contributed by atoms with Gasteiger partial charge in [-0.2, -0.15) is 0 Å². The van der Waals surface area contributed by atoms with Crippen molar-refractivity contribution < 1.29 is 9.22 Å². The lowest BCUT2D eigenvalue weighted by molar-refractivity contribution is -0.0327. The zero-order valence-corrected chi connectivity index (χ0v) is 27.5. The number of rotatable bonds is 4. The van der Waals surface area contributed by atoms with Crippen LogP contribution in [0.15, 0.2) is 78.9 Å². The van der Waals surface area contributed by atoms with E-state index < -0.39 is 8.32 Å². The number of fused-ring (bicyclic) bond motifs is 1. The molecule has 3 aromatic carbocycles. The summed E-state index contributed by atoms with van der Waals surface area (Å²) in [5.74, 6) is 2.35. The Balaban J connectivity index is 1.26. The molecular formula is C38H46N2O2Si. The first-order chi connectivity index (χ1) is 20.6. The van der Waals surface area contributed by atoms with Gasteiger partial charge >= 0.3 is 0 Å². The fourth-order valence-electron chi connectivity index (χ4n) is 10.4. The molecule has 1 amide bonds. The number of likely N-dealkylation sites (tertiary alicyclic amines) is 1. The van der Waals surface area contributed by atoms with Crippen molar-refractivity contribution in [1.29, 1.82) is 0 Å². The number of benzene rings is 3. The number of nitrogens with zero attached hydrogens (tertiary/aromatic N) is 2. The molecule has 0 aromatic heterocycles. The van der Waals surface area contributed by atoms with Crippen molar-refractivity contribution in [2.75, 3.05) is 18.0 Å². The van der Waals surface area contributed by atoms with Crippen molar-refractivity contribution in [2.24, 2.45) is 17.3 Å². The van der Waals surface area contributed by atoms with Gasteiger partial charge in [0.25, 0.3) is 5.91 Å². The van der Waals surface area contributed by atoms with E-state index in [1.54, 1.807) is 5.56 Å². The summed E-state index contributed by atoms with van der Waals surface area (Å²) in [4.78, 5) is 19.1. The van der Waals surface area contributed by atoms with E-state index in [1.165, 1.54) is 24.1 Å². The lowest BCUT2D eigenvalue weighted by atomic mass is 9.43. The molecule has 2 saturated carbocycles. The van der Waals surface area contributed by atoms with Crippen LogP contribution in [-0.2, 0) is 11.8 Å². The van der Waals surface area contributed by atoms with Gasteiger partial charge in [-0.25, -0.2) is 0 Å². The predicted octanol–water partition coefficient (Wildman–Crippen LogP) is 8.08. The van der Waals surface area contributed by atoms with E-state index in [4.69, 9.17) is 4.43 Å². The molecule has 43 heavy (non-hydrogen) atoms. The second-order valence-electron chi connectivity index (χ2n) is 15.7. The minimum atomic E-state index is -1.98. The molecule has 2 unspecified atom stereocenters. The number of carbonyl (C=O) groups is 1. The third kappa shape index (κ3) is 3.70. The second-order valence-corrected chi connectivity index (χ2v) is 20.5. The molecule has 5 heteroatoms. The topological polar surface area (TPSA) is 32.8 Å². The van der Waals surface area contributed by atoms with Crippen LogP contribution >= 0.6 is 0 Å². The van der Waals surface area contributed by atoms with E-state index in [1.807, 2.05) is 30.3 Å². The molecule has 2 heterocycles. The summed E-state index contributed by atoms with van der Waals surface area (Å²) in [5.41, 5.74) is 5.61. The molecular weight excluding hydrogens is 545 g/mol. The van der Waals surface area contributed by atoms with Gasteiger partial charge in [0, 0.05) is 47.3 Å². The smallest absolute Gasteiger partial charge is 0.254 e. The Hall–Kier alpha value is -3.05. The SMILES string of the molecule is CC(C)(C)[Si](C)(C)Oc1ccc2c(c1)[C@]13CCN(c4ccccc4)[C@H](C2)[C@]12CCC1C3[C@@H](CN1C(=O)c1ccccc1)C2. The van der Waals surface area contributed by atoms with Crippen molar-refractivity contribution in [3.05, 3.63) is 95.6 Å². The largest absolute Gasteiger partial charge is 0.543 e. The highest BCUT2D eigenvalue weighted by atomic mass is 28.4. The number of amides is 1. The molecule has 4 nitrogen and oxygen atoms in total. The normalized spacial score (nSPS) is 32.3. The monoisotopic (exact) mass is 590 g/mol. The summed E-state index contributed by atoms with van der Waals surface area (Å²) >= 11 is 0. The molecule has 0 spiro atoms. The van der Waals surface area contributed by atoms with Crippen molar-refractivity contribution in [3.8, 4) is 5.75 Å². The number of hydrogen-bond acceptors (Lipinski definition) is 3. The maximum absolute atomic E-state index is 14.0. The molecule has 8 rings (SSSR count). The van der Waals surface area contributed by atoms with E-state index in [2.05, 4.69) is 92.2 Å². The number of carbonyl (C=O) groups excluding carboxylic acids is 1. The fraction of sp³-hybridized carbons (Fsp3) is 0.500. The van der Waals surface area contributed by atoms with Gasteiger partial charge in [-0.05, 0) is 110 Å². The second kappa shape index (κ2) is 9.23. The van der Waals surface area contributed by atoms with Crippen LogP contribution < -0.4 is 9.33 Å². The highest BCUT2D eigenvalue weighted by Crippen LogP contribution is 2.75. The zero-order chi connectivity index (χ0) is 29.8. The molecule has 2 aliphatic heterocycles. The third-order valence-corrected chi connectivity index (χ3v) is 17.4. The summed E-state index contributed by atoms with van der Waals surface area (Å²) in [6.07, 6.45) is 5.80. The summed E-state index contributed by atoms with van der Waals surface area (Å²) in [6, 6.07) is 29.1. The Morgan fingerprint density at radius 2 is 1.67 bits per heavy atom. The number of piperidine rings is 1. The highest BCUT2D eigenvalue weighted by Gasteiger charge is 2.76. The Morgan fingerprint density at radius 3 is 2.40 bits per heavy atom. The number of anilines is 1. The van der Waals surface area contributed by atoms with Crippen LogP contribution in [0.25, 0.3) is 0 Å². The van der Waals surface area contributed by atoms with E-state index >= 15 is 0 Å². The maximum atomic E-state index is 14.0. The van der Waals surface area contributed by atoms with Crippen LogP contribution in [0.2, 0.25) is 18.1 Å². The molecule has 2 saturated heterocycles. The van der Waals surface area contributed by atoms with Crippen LogP contribution in [0.4, 0.5) is 5.69 Å². The summed E-state index contributed by atoms with van der Waals surface area (Å²) in [5, 5.41) is 0.149. The molecule has 0 radical (unpaired) electrons. The van der Waals surface area contributed by atoms with Gasteiger partial charge in [-0.1, -0.05) is 63.2 Å². The summed E-state index contributed by atoms with van der Waals surface area (Å²) in [6.45, 7) is 13.7. The Kier molecular flexibility index (Phi) is 5.90. The molecule has 3 aromatic rings. The molecule has 6 atom stereocenters. The lowest BCUT2D eigenvalue weighted by Crippen LogP contribution is -2.70. The Labute approximate surface area is 258 Å². The molecule has 4 bridgehead atoms. The lowest BCUT2D eigenvalue weighted by Gasteiger charge is -2.67. The average Bonchev–Trinajstić information content (AvgIpc) is 3.44. The minimum absolute atomic E-state index is 0.0859. The Morgan fingerprint density at radius 1 is 0.953 bits per heavy atom. The average molecular weight is 591 g/mol. The Bertz CT molecular complexity index is 1570. The van der Waals surface area contributed by atoms with Crippen LogP contribution in [0, 0.1) is 17.3 Å². The molecule has 224 valence electrons. The zero-order valence-electron chi connectivity index (χ0n) is 26.5. The van der Waals surface area contributed by atoms with Gasteiger partial charge < -0.3 is 14.2 Å². The first kappa shape index (κ1) is 27.5. The predicted molar refractivity (Wildman–Crippen MR) is 176 cm³/mol. The molecule has 5 aliphatic rings. The van der Waals surface area contributed by atoms with Crippen molar-refractivity contribution in [2.45, 2.75) is 88.5 Å². The van der Waals surface area contributed by atoms with Gasteiger partial charge in [0.05, 0.1) is 0 Å². The molecule has 4 fully saturated rings. The van der Waals surface area contributed by atoms with Gasteiger partial charge in [-0.15, -0.1) is 0 Å². The van der Waals surface area contributed by atoms with Crippen LogP contribution in [0.3, 0.4) is 0 Å². The van der Waals surface area contributed by atoms with E-state index in [9.17, 15) is 4.79 Å². The molecule has 0 N–H and O–H groups in total. The summed E-state index contributed by atoms with van der Waals surface area (Å²) in [7, 11) is -1.98. The van der Waals surface area contributed by atoms with Gasteiger partial charge in [0.15, 0.2) is 0 Å². The van der Waals surface area contributed by atoms with E-state index in [-0.39, 0.29) is 21.8 Å². The number of para-hydroxylation sites is 1. The first-order valence-electron chi connectivity index (χ1n) is 16.6. The first-order valence-corrected chi connectivity index (χ1v) is 19.5. The van der Waals surface area contributed by atoms with E-state index in [0.29, 0.717) is 23.9 Å². The molecule has 3 aliphatic carbocycles. The standard InChI is InChI=1S/C38H46N2O2Si/c1-36(2,3)43(4,5)42-30-17-16-27-22-33-37-19-18-32-34(28(24-37)25-40(32)35(41)26-12-8-6-9-13-26)38(37,31(27)23-30)20-21-39(33)29-14-10-7-11-15-29/h6-17,23,28,32-34H,18-22,24-25H2,1-5H3/t28-,32?,33-,34?,37-,38+/m1/s1. The van der Waals surface area contributed by atoms with Crippen molar-refractivity contribution >= 4 is 19.9 Å². The van der Waals surface area contributed by atoms with Gasteiger partial charge in [0.1, 0.15) is 5.75 Å². The minimum Gasteiger partial charge on any atom is -0.543 e. The fourth-order valence-corrected chi connectivity index (χ4v) is 11.4. The van der Waals surface area contributed by atoms with Crippen molar-refractivity contribution in [3.63, 3.8) is 0 Å². The van der Waals surface area contributed by atoms with Gasteiger partial charge in [0.2, 0.25) is 8.32 Å². The van der Waals surface area contributed by atoms with Crippen LogP contribution in [0.1, 0.15) is 67.9 Å². The highest BCUT2D eigenvalue weighted by molar-refractivity contribution is 6.74. The van der Waals surface area contributed by atoms with Crippen molar-refractivity contribution in [1.82, 2.24) is 4.90 Å². The summed E-state index contributed by atoms with van der Waals surface area (Å²) < 4.78 is 6.98. The maximum Gasteiger partial charge on any atom is 0.254 e. The van der Waals surface area contributed by atoms with Gasteiger partial charge in [-0.3, -0.25) is 4.79 Å². The van der Waals surface area contributed by atoms with Crippen LogP contribution in [-0.4, -0.2) is 44.3 Å². The number of hydrogen-bond donors (Lipinski definition) is 0.